The van der Waals surface area contributed by atoms with Crippen LogP contribution in [-0.2, 0) is 15.7 Å². The zero-order valence-electron chi connectivity index (χ0n) is 17.8. The Morgan fingerprint density at radius 3 is 2.84 bits per heavy atom. The first kappa shape index (κ1) is 22.3. The van der Waals surface area contributed by atoms with E-state index >= 15 is 0 Å². The first-order valence-electron chi connectivity index (χ1n) is 11.2. The van der Waals surface area contributed by atoms with Crippen LogP contribution in [0.15, 0.2) is 24.4 Å². The minimum absolute atomic E-state index is 0.0225. The standard InChI is InChI=1S/C23H30F3N3O2/c1-15-14-31-11-7-20(15)28-19-3-2-17(12-19)22(30)29-9-5-16(6-10-29)21-13-18(4-8-27-21)23(24,25)26/h4-5,8,13,15,17,19-20,28H,2-3,6-7,9-12,14H2,1H3/t15?,17?,19-,20?/m1/s1. The summed E-state index contributed by atoms with van der Waals surface area (Å²) in [6, 6.07) is 2.89. The molecule has 1 saturated carbocycles. The monoisotopic (exact) mass is 437 g/mol. The van der Waals surface area contributed by atoms with Gasteiger partial charge in [0.15, 0.2) is 0 Å². The summed E-state index contributed by atoms with van der Waals surface area (Å²) in [6.07, 6.45) is 2.93. The number of carbonyl (C=O) groups is 1. The Kier molecular flexibility index (Phi) is 6.67. The van der Waals surface area contributed by atoms with Crippen molar-refractivity contribution in [2.75, 3.05) is 26.3 Å². The average Bonchev–Trinajstić information content (AvgIpc) is 3.23. The SMILES string of the molecule is CC1COCCC1N[C@@H]1CCC(C(=O)N2CC=C(c3cc(C(F)(F)F)ccn3)CC2)C1. The fourth-order valence-electron chi connectivity index (χ4n) is 4.93. The zero-order valence-corrected chi connectivity index (χ0v) is 17.8. The minimum Gasteiger partial charge on any atom is -0.381 e. The van der Waals surface area contributed by atoms with Gasteiger partial charge < -0.3 is 15.0 Å². The summed E-state index contributed by atoms with van der Waals surface area (Å²) in [6.45, 7) is 4.73. The van der Waals surface area contributed by atoms with Gasteiger partial charge in [-0.05, 0) is 55.7 Å². The lowest BCUT2D eigenvalue weighted by Gasteiger charge is -2.32. The largest absolute Gasteiger partial charge is 0.416 e. The fraction of sp³-hybridized carbons (Fsp3) is 0.652. The van der Waals surface area contributed by atoms with Crippen LogP contribution >= 0.6 is 0 Å². The van der Waals surface area contributed by atoms with Crippen LogP contribution in [-0.4, -0.2) is 54.2 Å². The molecule has 1 saturated heterocycles. The number of rotatable bonds is 4. The molecule has 5 nitrogen and oxygen atoms in total. The number of nitrogens with zero attached hydrogens (tertiary/aromatic N) is 2. The molecule has 4 rings (SSSR count). The van der Waals surface area contributed by atoms with Gasteiger partial charge in [-0.15, -0.1) is 0 Å². The number of aromatic nitrogens is 1. The van der Waals surface area contributed by atoms with Gasteiger partial charge in [-0.25, -0.2) is 0 Å². The first-order valence-corrected chi connectivity index (χ1v) is 11.2. The molecule has 0 bridgehead atoms. The zero-order chi connectivity index (χ0) is 22.0. The van der Waals surface area contributed by atoms with E-state index in [1.54, 1.807) is 0 Å². The van der Waals surface area contributed by atoms with Crippen molar-refractivity contribution in [3.05, 3.63) is 35.7 Å². The normalized spacial score (nSPS) is 29.7. The number of ether oxygens (including phenoxy) is 1. The lowest BCUT2D eigenvalue weighted by atomic mass is 9.96. The topological polar surface area (TPSA) is 54.5 Å². The minimum atomic E-state index is -4.38. The molecule has 3 heterocycles. The highest BCUT2D eigenvalue weighted by Crippen LogP contribution is 2.33. The molecule has 4 atom stereocenters. The summed E-state index contributed by atoms with van der Waals surface area (Å²) in [7, 11) is 0. The van der Waals surface area contributed by atoms with Gasteiger partial charge in [0, 0.05) is 43.9 Å². The Morgan fingerprint density at radius 1 is 1.29 bits per heavy atom. The van der Waals surface area contributed by atoms with Crippen LogP contribution in [0.3, 0.4) is 0 Å². The number of halogens is 3. The van der Waals surface area contributed by atoms with Crippen LogP contribution in [0.2, 0.25) is 0 Å². The number of hydrogen-bond acceptors (Lipinski definition) is 4. The molecule has 2 aliphatic heterocycles. The number of nitrogens with one attached hydrogen (secondary N) is 1. The van der Waals surface area contributed by atoms with Crippen LogP contribution in [0, 0.1) is 11.8 Å². The van der Waals surface area contributed by atoms with Crippen LogP contribution < -0.4 is 5.32 Å². The Morgan fingerprint density at radius 2 is 2.13 bits per heavy atom. The summed E-state index contributed by atoms with van der Waals surface area (Å²) in [5.74, 6) is 0.671. The van der Waals surface area contributed by atoms with Crippen molar-refractivity contribution in [1.29, 1.82) is 0 Å². The third-order valence-electron chi connectivity index (χ3n) is 6.81. The Bertz CT molecular complexity index is 827. The Hall–Kier alpha value is -1.93. The second-order valence-electron chi connectivity index (χ2n) is 9.01. The molecule has 1 amide bonds. The molecule has 1 aliphatic carbocycles. The van der Waals surface area contributed by atoms with Crippen molar-refractivity contribution < 1.29 is 22.7 Å². The third kappa shape index (κ3) is 5.29. The maximum Gasteiger partial charge on any atom is 0.416 e. The van der Waals surface area contributed by atoms with Gasteiger partial charge in [-0.1, -0.05) is 13.0 Å². The number of alkyl halides is 3. The summed E-state index contributed by atoms with van der Waals surface area (Å²) >= 11 is 0. The highest BCUT2D eigenvalue weighted by Gasteiger charge is 2.35. The van der Waals surface area contributed by atoms with Gasteiger partial charge in [0.25, 0.3) is 0 Å². The lowest BCUT2D eigenvalue weighted by Crippen LogP contribution is -2.46. The third-order valence-corrected chi connectivity index (χ3v) is 6.81. The van der Waals surface area contributed by atoms with Crippen molar-refractivity contribution in [3.63, 3.8) is 0 Å². The maximum absolute atomic E-state index is 13.0. The molecule has 8 heteroatoms. The summed E-state index contributed by atoms with van der Waals surface area (Å²) in [5.41, 5.74) is 0.424. The van der Waals surface area contributed by atoms with E-state index in [9.17, 15) is 18.0 Å². The van der Waals surface area contributed by atoms with Crippen molar-refractivity contribution in [1.82, 2.24) is 15.2 Å². The van der Waals surface area contributed by atoms with Gasteiger partial charge in [0.05, 0.1) is 17.9 Å². The Labute approximate surface area is 181 Å². The first-order chi connectivity index (χ1) is 14.8. The van der Waals surface area contributed by atoms with Crippen LogP contribution in [0.25, 0.3) is 5.57 Å². The van der Waals surface area contributed by atoms with E-state index in [4.69, 9.17) is 4.74 Å². The molecule has 0 spiro atoms. The highest BCUT2D eigenvalue weighted by molar-refractivity contribution is 5.80. The predicted octanol–water partition coefficient (Wildman–Crippen LogP) is 3.90. The molecule has 0 radical (unpaired) electrons. The number of amides is 1. The molecule has 1 aromatic rings. The summed E-state index contributed by atoms with van der Waals surface area (Å²) in [5, 5.41) is 3.74. The molecular weight excluding hydrogens is 407 g/mol. The van der Waals surface area contributed by atoms with Crippen molar-refractivity contribution in [3.8, 4) is 0 Å². The van der Waals surface area contributed by atoms with Crippen molar-refractivity contribution >= 4 is 11.5 Å². The van der Waals surface area contributed by atoms with E-state index in [0.29, 0.717) is 43.2 Å². The smallest absolute Gasteiger partial charge is 0.381 e. The van der Waals surface area contributed by atoms with Gasteiger partial charge in [-0.3, -0.25) is 9.78 Å². The second-order valence-corrected chi connectivity index (χ2v) is 9.01. The van der Waals surface area contributed by atoms with Crippen LogP contribution in [0.1, 0.15) is 50.3 Å². The number of carbonyl (C=O) groups excluding carboxylic acids is 1. The van der Waals surface area contributed by atoms with Crippen molar-refractivity contribution in [2.24, 2.45) is 11.8 Å². The van der Waals surface area contributed by atoms with Crippen LogP contribution in [0.4, 0.5) is 13.2 Å². The molecule has 170 valence electrons. The van der Waals surface area contributed by atoms with E-state index in [1.807, 2.05) is 11.0 Å². The maximum atomic E-state index is 13.0. The quantitative estimate of drug-likeness (QED) is 0.776. The molecule has 3 aliphatic rings. The molecule has 0 aromatic carbocycles. The number of pyridine rings is 1. The van der Waals surface area contributed by atoms with E-state index in [2.05, 4.69) is 17.2 Å². The van der Waals surface area contributed by atoms with Gasteiger partial charge in [-0.2, -0.15) is 13.2 Å². The van der Waals surface area contributed by atoms with Gasteiger partial charge in [0.1, 0.15) is 0 Å². The molecule has 1 aromatic heterocycles. The summed E-state index contributed by atoms with van der Waals surface area (Å²) in [4.78, 5) is 19.0. The predicted molar refractivity (Wildman–Crippen MR) is 111 cm³/mol. The van der Waals surface area contributed by atoms with Gasteiger partial charge >= 0.3 is 6.18 Å². The average molecular weight is 438 g/mol. The molecule has 31 heavy (non-hydrogen) atoms. The highest BCUT2D eigenvalue weighted by atomic mass is 19.4. The van der Waals surface area contributed by atoms with E-state index in [-0.39, 0.29) is 11.8 Å². The number of hydrogen-bond donors (Lipinski definition) is 1. The molecule has 3 unspecified atom stereocenters. The summed E-state index contributed by atoms with van der Waals surface area (Å²) < 4.78 is 44.4. The van der Waals surface area contributed by atoms with E-state index < -0.39 is 11.7 Å². The van der Waals surface area contributed by atoms with E-state index in [1.165, 1.54) is 6.20 Å². The van der Waals surface area contributed by atoms with Crippen molar-refractivity contribution in [2.45, 2.75) is 57.3 Å². The molecule has 1 N–H and O–H groups in total. The molecular formula is C23H30F3N3O2. The molecule has 2 fully saturated rings. The fourth-order valence-corrected chi connectivity index (χ4v) is 4.93. The lowest BCUT2D eigenvalue weighted by molar-refractivity contribution is -0.137. The van der Waals surface area contributed by atoms with E-state index in [0.717, 1.165) is 56.6 Å². The van der Waals surface area contributed by atoms with Gasteiger partial charge in [0.2, 0.25) is 5.91 Å². The van der Waals surface area contributed by atoms with Crippen LogP contribution in [0.5, 0.6) is 0 Å². The Balaban J connectivity index is 1.32. The second kappa shape index (κ2) is 9.28.